The van der Waals surface area contributed by atoms with Gasteiger partial charge in [0.15, 0.2) is 5.82 Å². The van der Waals surface area contributed by atoms with Crippen molar-refractivity contribution in [1.29, 1.82) is 0 Å². The zero-order valence-corrected chi connectivity index (χ0v) is 12.0. The molecule has 0 bridgehead atoms. The lowest BCUT2D eigenvalue weighted by molar-refractivity contribution is 0.717. The number of benzene rings is 1. The number of aromatic nitrogens is 4. The van der Waals surface area contributed by atoms with Crippen molar-refractivity contribution in [2.45, 2.75) is 13.0 Å². The number of fused-ring (bicyclic) bond motifs is 1. The number of anilines is 1. The molecule has 0 spiro atoms. The first kappa shape index (κ1) is 12.9. The van der Waals surface area contributed by atoms with Crippen LogP contribution in [0.4, 0.5) is 5.82 Å². The summed E-state index contributed by atoms with van der Waals surface area (Å²) in [5, 5.41) is 13.0. The van der Waals surface area contributed by atoms with Gasteiger partial charge < -0.3 is 9.88 Å². The Hall–Kier alpha value is -2.14. The van der Waals surface area contributed by atoms with Crippen LogP contribution >= 0.6 is 11.6 Å². The van der Waals surface area contributed by atoms with Crippen molar-refractivity contribution < 1.29 is 0 Å². The Bertz CT molecular complexity index is 752. The summed E-state index contributed by atoms with van der Waals surface area (Å²) in [4.78, 5) is 4.57. The van der Waals surface area contributed by atoms with E-state index in [9.17, 15) is 0 Å². The number of hydrogen-bond donors (Lipinski definition) is 1. The van der Waals surface area contributed by atoms with E-state index in [2.05, 4.69) is 20.5 Å². The molecule has 1 atom stereocenters. The van der Waals surface area contributed by atoms with Gasteiger partial charge in [0.1, 0.15) is 12.1 Å². The summed E-state index contributed by atoms with van der Waals surface area (Å²) < 4.78 is 1.89. The normalized spacial score (nSPS) is 12.6. The number of halogens is 1. The third-order valence-electron chi connectivity index (χ3n) is 3.15. The predicted octanol–water partition coefficient (Wildman–Crippen LogP) is 3.19. The average Bonchev–Trinajstić information content (AvgIpc) is 2.85. The second kappa shape index (κ2) is 5.09. The molecule has 0 aliphatic heterocycles. The second-order valence-corrected chi connectivity index (χ2v) is 5.14. The molecule has 3 aromatic rings. The van der Waals surface area contributed by atoms with Crippen LogP contribution in [0.2, 0.25) is 5.02 Å². The molecule has 0 saturated heterocycles. The van der Waals surface area contributed by atoms with E-state index in [0.717, 1.165) is 22.5 Å². The second-order valence-electron chi connectivity index (χ2n) is 4.70. The topological polar surface area (TPSA) is 55.6 Å². The minimum Gasteiger partial charge on any atom is -0.360 e. The minimum absolute atomic E-state index is 0.0275. The van der Waals surface area contributed by atoms with Gasteiger partial charge in [0.05, 0.1) is 11.6 Å². The molecule has 5 nitrogen and oxygen atoms in total. The van der Waals surface area contributed by atoms with Crippen LogP contribution in [0.5, 0.6) is 0 Å². The number of pyridine rings is 1. The van der Waals surface area contributed by atoms with Crippen molar-refractivity contribution in [3.8, 4) is 0 Å². The van der Waals surface area contributed by atoms with Gasteiger partial charge in [-0.05, 0) is 37.3 Å². The van der Waals surface area contributed by atoms with Crippen molar-refractivity contribution in [3.63, 3.8) is 0 Å². The summed E-state index contributed by atoms with van der Waals surface area (Å²) in [6.07, 6.45) is 1.68. The van der Waals surface area contributed by atoms with E-state index in [1.165, 1.54) is 0 Å². The number of rotatable bonds is 3. The largest absolute Gasteiger partial charge is 0.360 e. The zero-order chi connectivity index (χ0) is 14.1. The monoisotopic (exact) mass is 287 g/mol. The summed E-state index contributed by atoms with van der Waals surface area (Å²) in [6, 6.07) is 9.62. The number of nitrogens with one attached hydrogen (secondary N) is 1. The van der Waals surface area contributed by atoms with E-state index in [1.807, 2.05) is 48.9 Å². The number of hydrogen-bond acceptors (Lipinski definition) is 4. The first-order valence-electron chi connectivity index (χ1n) is 6.30. The predicted molar refractivity (Wildman–Crippen MR) is 79.8 cm³/mol. The average molecular weight is 288 g/mol. The van der Waals surface area contributed by atoms with Gasteiger partial charge >= 0.3 is 0 Å². The lowest BCUT2D eigenvalue weighted by Gasteiger charge is -2.14. The first-order chi connectivity index (χ1) is 9.63. The Balaban J connectivity index is 1.88. The van der Waals surface area contributed by atoms with Gasteiger partial charge in [0, 0.05) is 17.5 Å². The fourth-order valence-electron chi connectivity index (χ4n) is 2.15. The van der Waals surface area contributed by atoms with E-state index in [1.54, 1.807) is 6.33 Å². The van der Waals surface area contributed by atoms with Crippen LogP contribution in [-0.2, 0) is 7.05 Å². The fraction of sp³-hybridized carbons (Fsp3) is 0.214. The molecule has 3 rings (SSSR count). The van der Waals surface area contributed by atoms with Gasteiger partial charge in [-0.1, -0.05) is 11.6 Å². The lowest BCUT2D eigenvalue weighted by Crippen LogP contribution is -2.12. The van der Waals surface area contributed by atoms with Gasteiger partial charge in [-0.2, -0.15) is 0 Å². The van der Waals surface area contributed by atoms with E-state index in [-0.39, 0.29) is 6.04 Å². The summed E-state index contributed by atoms with van der Waals surface area (Å²) in [5.74, 6) is 1.67. The van der Waals surface area contributed by atoms with Crippen molar-refractivity contribution in [3.05, 3.63) is 47.5 Å². The Labute approximate surface area is 121 Å². The van der Waals surface area contributed by atoms with Gasteiger partial charge in [-0.25, -0.2) is 4.98 Å². The van der Waals surface area contributed by atoms with E-state index >= 15 is 0 Å². The van der Waals surface area contributed by atoms with Gasteiger partial charge in [0.2, 0.25) is 0 Å². The molecule has 1 aromatic carbocycles. The molecule has 0 aliphatic rings. The highest BCUT2D eigenvalue weighted by Gasteiger charge is 2.11. The molecular weight excluding hydrogens is 274 g/mol. The third-order valence-corrected chi connectivity index (χ3v) is 3.38. The Morgan fingerprint density at radius 1 is 1.25 bits per heavy atom. The lowest BCUT2D eigenvalue weighted by atomic mass is 10.2. The smallest absolute Gasteiger partial charge is 0.154 e. The summed E-state index contributed by atoms with van der Waals surface area (Å²) in [5.41, 5.74) is 0.907. The molecule has 0 amide bonds. The quantitative estimate of drug-likeness (QED) is 0.804. The summed E-state index contributed by atoms with van der Waals surface area (Å²) in [6.45, 7) is 2.03. The molecule has 1 unspecified atom stereocenters. The molecule has 0 fully saturated rings. The van der Waals surface area contributed by atoms with Crippen LogP contribution in [-0.4, -0.2) is 19.7 Å². The van der Waals surface area contributed by atoms with Crippen molar-refractivity contribution >= 4 is 28.3 Å². The minimum atomic E-state index is 0.0275. The molecule has 0 aliphatic carbocycles. The summed E-state index contributed by atoms with van der Waals surface area (Å²) in [7, 11) is 1.92. The molecule has 2 aromatic heterocycles. The van der Waals surface area contributed by atoms with Crippen LogP contribution in [0.1, 0.15) is 18.8 Å². The van der Waals surface area contributed by atoms with Crippen LogP contribution in [0.25, 0.3) is 10.9 Å². The molecule has 20 heavy (non-hydrogen) atoms. The van der Waals surface area contributed by atoms with Crippen LogP contribution in [0.3, 0.4) is 0 Å². The van der Waals surface area contributed by atoms with Gasteiger partial charge in [-0.15, -0.1) is 10.2 Å². The van der Waals surface area contributed by atoms with E-state index in [4.69, 9.17) is 11.6 Å². The third kappa shape index (κ3) is 2.44. The molecule has 6 heteroatoms. The zero-order valence-electron chi connectivity index (χ0n) is 11.2. The fourth-order valence-corrected chi connectivity index (χ4v) is 2.33. The SMILES string of the molecule is CC(Nc1ccc2cc(Cl)ccc2n1)c1nncn1C. The van der Waals surface area contributed by atoms with Crippen LogP contribution in [0.15, 0.2) is 36.7 Å². The molecule has 0 radical (unpaired) electrons. The van der Waals surface area contributed by atoms with Crippen LogP contribution < -0.4 is 5.32 Å². The highest BCUT2D eigenvalue weighted by molar-refractivity contribution is 6.31. The van der Waals surface area contributed by atoms with Gasteiger partial charge in [-0.3, -0.25) is 0 Å². The molecular formula is C14H14ClN5. The number of nitrogens with zero attached hydrogens (tertiary/aromatic N) is 4. The molecule has 2 heterocycles. The molecule has 0 saturated carbocycles. The van der Waals surface area contributed by atoms with Crippen molar-refractivity contribution in [2.24, 2.45) is 7.05 Å². The molecule has 102 valence electrons. The Morgan fingerprint density at radius 3 is 2.85 bits per heavy atom. The highest BCUT2D eigenvalue weighted by atomic mass is 35.5. The van der Waals surface area contributed by atoms with E-state index < -0.39 is 0 Å². The number of aryl methyl sites for hydroxylation is 1. The first-order valence-corrected chi connectivity index (χ1v) is 6.68. The van der Waals surface area contributed by atoms with E-state index in [0.29, 0.717) is 5.02 Å². The molecule has 1 N–H and O–H groups in total. The van der Waals surface area contributed by atoms with Crippen molar-refractivity contribution in [1.82, 2.24) is 19.7 Å². The highest BCUT2D eigenvalue weighted by Crippen LogP contribution is 2.21. The van der Waals surface area contributed by atoms with Crippen LogP contribution in [0, 0.1) is 0 Å². The van der Waals surface area contributed by atoms with Gasteiger partial charge in [0.25, 0.3) is 0 Å². The van der Waals surface area contributed by atoms with Crippen molar-refractivity contribution in [2.75, 3.05) is 5.32 Å². The summed E-state index contributed by atoms with van der Waals surface area (Å²) >= 11 is 5.97. The maximum Gasteiger partial charge on any atom is 0.154 e. The standard InChI is InChI=1S/C14H14ClN5/c1-9(14-19-16-8-20(14)2)17-13-6-3-10-7-11(15)4-5-12(10)18-13/h3-9H,1-2H3,(H,17,18). The maximum absolute atomic E-state index is 5.97. The maximum atomic E-state index is 5.97. The Kier molecular flexibility index (Phi) is 3.28. The Morgan fingerprint density at radius 2 is 2.10 bits per heavy atom.